The van der Waals surface area contributed by atoms with E-state index in [2.05, 4.69) is 51.4 Å². The second-order valence-electron chi connectivity index (χ2n) is 6.73. The molecule has 6 heteroatoms. The van der Waals surface area contributed by atoms with Crippen LogP contribution in [0.1, 0.15) is 21.6 Å². The third-order valence-electron chi connectivity index (χ3n) is 4.97. The van der Waals surface area contributed by atoms with Crippen LogP contribution in [0.25, 0.3) is 11.0 Å². The fraction of sp³-hybridized carbons (Fsp3) is 0.316. The highest BCUT2D eigenvalue weighted by atomic mass is 16.2. The van der Waals surface area contributed by atoms with Gasteiger partial charge >= 0.3 is 0 Å². The monoisotopic (exact) mass is 335 g/mol. The lowest BCUT2D eigenvalue weighted by Crippen LogP contribution is -2.46. The number of fused-ring (bicyclic) bond motifs is 2. The first-order valence-corrected chi connectivity index (χ1v) is 8.44. The Kier molecular flexibility index (Phi) is 3.97. The molecule has 0 bridgehead atoms. The van der Waals surface area contributed by atoms with Crippen LogP contribution >= 0.6 is 0 Å². The highest BCUT2D eigenvalue weighted by molar-refractivity contribution is 5.94. The van der Waals surface area contributed by atoms with E-state index in [0.717, 1.165) is 18.4 Å². The Morgan fingerprint density at radius 2 is 2.08 bits per heavy atom. The molecule has 25 heavy (non-hydrogen) atoms. The smallest absolute Gasteiger partial charge is 0.272 e. The van der Waals surface area contributed by atoms with Crippen molar-refractivity contribution >= 4 is 16.9 Å². The number of carbonyl (C=O) groups excluding carboxylic acids is 1. The minimum Gasteiger partial charge on any atom is -0.339 e. The van der Waals surface area contributed by atoms with Crippen molar-refractivity contribution in [3.63, 3.8) is 0 Å². The molecule has 1 aliphatic heterocycles. The van der Waals surface area contributed by atoms with Crippen LogP contribution in [-0.2, 0) is 13.0 Å². The molecule has 0 spiro atoms. The summed E-state index contributed by atoms with van der Waals surface area (Å²) in [6.45, 7) is 1.59. The van der Waals surface area contributed by atoms with Crippen LogP contribution in [-0.4, -0.2) is 57.6 Å². The Labute approximate surface area is 146 Å². The zero-order chi connectivity index (χ0) is 17.4. The van der Waals surface area contributed by atoms with Crippen LogP contribution in [0.5, 0.6) is 0 Å². The van der Waals surface area contributed by atoms with Gasteiger partial charge in [-0.2, -0.15) is 5.10 Å². The highest BCUT2D eigenvalue weighted by Crippen LogP contribution is 2.22. The number of hydrogen-bond acceptors (Lipinski definition) is 4. The van der Waals surface area contributed by atoms with Crippen molar-refractivity contribution in [2.24, 2.45) is 0 Å². The van der Waals surface area contributed by atoms with E-state index in [0.29, 0.717) is 23.9 Å². The van der Waals surface area contributed by atoms with Gasteiger partial charge in [0, 0.05) is 31.6 Å². The Morgan fingerprint density at radius 3 is 2.92 bits per heavy atom. The summed E-state index contributed by atoms with van der Waals surface area (Å²) in [6.07, 6.45) is 2.66. The van der Waals surface area contributed by atoms with Crippen LogP contribution < -0.4 is 0 Å². The van der Waals surface area contributed by atoms with E-state index < -0.39 is 0 Å². The molecule has 6 nitrogen and oxygen atoms in total. The molecule has 1 N–H and O–H groups in total. The van der Waals surface area contributed by atoms with Crippen LogP contribution in [0.15, 0.2) is 42.6 Å². The molecule has 0 saturated heterocycles. The fourth-order valence-electron chi connectivity index (χ4n) is 3.46. The number of nitrogens with one attached hydrogen (secondary N) is 1. The van der Waals surface area contributed by atoms with E-state index in [9.17, 15) is 4.79 Å². The lowest BCUT2D eigenvalue weighted by atomic mass is 9.94. The molecule has 1 aliphatic rings. The minimum atomic E-state index is -0.0660. The van der Waals surface area contributed by atoms with Crippen molar-refractivity contribution in [1.29, 1.82) is 0 Å². The van der Waals surface area contributed by atoms with Gasteiger partial charge in [0.1, 0.15) is 5.69 Å². The molecule has 0 fully saturated rings. The third kappa shape index (κ3) is 3.00. The SMILES string of the molecule is CN(CC1Cc2ccccc2CN1C)C(=O)c1ccc2cn[nH]c2n1. The Morgan fingerprint density at radius 1 is 1.28 bits per heavy atom. The van der Waals surface area contributed by atoms with Gasteiger partial charge in [0.15, 0.2) is 5.65 Å². The molecular weight excluding hydrogens is 314 g/mol. The zero-order valence-electron chi connectivity index (χ0n) is 14.4. The van der Waals surface area contributed by atoms with Crippen molar-refractivity contribution in [3.05, 3.63) is 59.4 Å². The summed E-state index contributed by atoms with van der Waals surface area (Å²) in [7, 11) is 3.96. The van der Waals surface area contributed by atoms with Crippen molar-refractivity contribution in [1.82, 2.24) is 25.0 Å². The van der Waals surface area contributed by atoms with Crippen LogP contribution in [0.3, 0.4) is 0 Å². The van der Waals surface area contributed by atoms with Crippen LogP contribution in [0.2, 0.25) is 0 Å². The average molecular weight is 335 g/mol. The standard InChI is InChI=1S/C19H21N5O/c1-23-11-15-6-4-3-5-13(15)9-16(23)12-24(2)19(25)17-8-7-14-10-20-22-18(14)21-17/h3-8,10,16H,9,11-12H2,1-2H3,(H,20,21,22). The van der Waals surface area contributed by atoms with E-state index in [1.165, 1.54) is 11.1 Å². The maximum Gasteiger partial charge on any atom is 0.272 e. The van der Waals surface area contributed by atoms with Crippen LogP contribution in [0, 0.1) is 0 Å². The van der Waals surface area contributed by atoms with Crippen molar-refractivity contribution in [2.45, 2.75) is 19.0 Å². The highest BCUT2D eigenvalue weighted by Gasteiger charge is 2.26. The number of benzene rings is 1. The predicted octanol–water partition coefficient (Wildman–Crippen LogP) is 2.09. The number of likely N-dealkylation sites (N-methyl/N-ethyl adjacent to an activating group) is 2. The molecule has 1 unspecified atom stereocenters. The maximum atomic E-state index is 12.7. The zero-order valence-corrected chi connectivity index (χ0v) is 14.4. The summed E-state index contributed by atoms with van der Waals surface area (Å²) < 4.78 is 0. The minimum absolute atomic E-state index is 0.0660. The van der Waals surface area contributed by atoms with E-state index in [1.807, 2.05) is 13.1 Å². The number of aromatic nitrogens is 3. The first-order chi connectivity index (χ1) is 12.1. The summed E-state index contributed by atoms with van der Waals surface area (Å²) in [6, 6.07) is 12.5. The van der Waals surface area contributed by atoms with E-state index in [1.54, 1.807) is 17.2 Å². The molecule has 128 valence electrons. The molecule has 0 radical (unpaired) electrons. The molecule has 1 amide bonds. The number of H-pyrrole nitrogens is 1. The van der Waals surface area contributed by atoms with Gasteiger partial charge < -0.3 is 4.90 Å². The van der Waals surface area contributed by atoms with Gasteiger partial charge in [0.05, 0.1) is 6.20 Å². The van der Waals surface area contributed by atoms with Gasteiger partial charge in [0.2, 0.25) is 0 Å². The first-order valence-electron chi connectivity index (χ1n) is 8.44. The molecule has 3 heterocycles. The summed E-state index contributed by atoms with van der Waals surface area (Å²) >= 11 is 0. The first kappa shape index (κ1) is 15.8. The van der Waals surface area contributed by atoms with Gasteiger partial charge in [-0.05, 0) is 36.7 Å². The van der Waals surface area contributed by atoms with E-state index >= 15 is 0 Å². The van der Waals surface area contributed by atoms with Crippen molar-refractivity contribution in [2.75, 3.05) is 20.6 Å². The summed E-state index contributed by atoms with van der Waals surface area (Å²) in [4.78, 5) is 21.2. The normalized spacial score (nSPS) is 17.4. The molecule has 1 atom stereocenters. The van der Waals surface area contributed by atoms with Gasteiger partial charge in [-0.1, -0.05) is 24.3 Å². The van der Waals surface area contributed by atoms with Crippen molar-refractivity contribution < 1.29 is 4.79 Å². The third-order valence-corrected chi connectivity index (χ3v) is 4.97. The number of hydrogen-bond donors (Lipinski definition) is 1. The van der Waals surface area contributed by atoms with Crippen LogP contribution in [0.4, 0.5) is 0 Å². The fourth-order valence-corrected chi connectivity index (χ4v) is 3.46. The van der Waals surface area contributed by atoms with Crippen molar-refractivity contribution in [3.8, 4) is 0 Å². The van der Waals surface area contributed by atoms with E-state index in [4.69, 9.17) is 0 Å². The largest absolute Gasteiger partial charge is 0.339 e. The number of pyridine rings is 1. The molecule has 0 aliphatic carbocycles. The quantitative estimate of drug-likeness (QED) is 0.796. The van der Waals surface area contributed by atoms with E-state index in [-0.39, 0.29) is 5.91 Å². The number of nitrogens with zero attached hydrogens (tertiary/aromatic N) is 4. The second-order valence-corrected chi connectivity index (χ2v) is 6.73. The number of rotatable bonds is 3. The lowest BCUT2D eigenvalue weighted by molar-refractivity contribution is 0.0728. The van der Waals surface area contributed by atoms with Gasteiger partial charge in [-0.25, -0.2) is 4.98 Å². The Hall–Kier alpha value is -2.73. The summed E-state index contributed by atoms with van der Waals surface area (Å²) in [5, 5.41) is 7.67. The Balaban J connectivity index is 1.49. The molecular formula is C19H21N5O. The van der Waals surface area contributed by atoms with Gasteiger partial charge in [0.25, 0.3) is 5.91 Å². The molecule has 2 aromatic heterocycles. The second kappa shape index (κ2) is 6.29. The molecule has 4 rings (SSSR count). The lowest BCUT2D eigenvalue weighted by Gasteiger charge is -2.36. The molecule has 0 saturated carbocycles. The topological polar surface area (TPSA) is 65.1 Å². The van der Waals surface area contributed by atoms with Gasteiger partial charge in [-0.15, -0.1) is 0 Å². The maximum absolute atomic E-state index is 12.7. The number of aromatic amines is 1. The predicted molar refractivity (Wildman–Crippen MR) is 96.3 cm³/mol. The average Bonchev–Trinajstić information content (AvgIpc) is 3.09. The molecule has 3 aromatic rings. The molecule has 1 aromatic carbocycles. The number of carbonyl (C=O) groups is 1. The van der Waals surface area contributed by atoms with Gasteiger partial charge in [-0.3, -0.25) is 14.8 Å². The summed E-state index contributed by atoms with van der Waals surface area (Å²) in [5.41, 5.74) is 3.84. The number of amides is 1. The Bertz CT molecular complexity index is 919. The summed E-state index contributed by atoms with van der Waals surface area (Å²) in [5.74, 6) is -0.0660.